The number of aryl methyl sites for hydroxylation is 1. The van der Waals surface area contributed by atoms with Crippen LogP contribution >= 0.6 is 0 Å². The average Bonchev–Trinajstić information content (AvgIpc) is 3.50. The number of amides is 1. The zero-order chi connectivity index (χ0) is 23.5. The SMILES string of the molecule is CCOC(=O)C1CCN(C(=O)CCc2nnc3ccc(N4CCC5(CC4)OCCO5)nn23)CC1. The van der Waals surface area contributed by atoms with Gasteiger partial charge in [-0.2, -0.15) is 4.52 Å². The fourth-order valence-corrected chi connectivity index (χ4v) is 5.01. The lowest BCUT2D eigenvalue weighted by Gasteiger charge is -2.38. The van der Waals surface area contributed by atoms with Gasteiger partial charge < -0.3 is 24.0 Å². The van der Waals surface area contributed by atoms with Crippen LogP contribution in [-0.4, -0.2) is 88.4 Å². The molecule has 11 heteroatoms. The van der Waals surface area contributed by atoms with Gasteiger partial charge in [-0.15, -0.1) is 15.3 Å². The summed E-state index contributed by atoms with van der Waals surface area (Å²) in [5.74, 6) is 0.902. The van der Waals surface area contributed by atoms with Crippen LogP contribution in [0.4, 0.5) is 5.82 Å². The van der Waals surface area contributed by atoms with Gasteiger partial charge in [0, 0.05) is 51.9 Å². The maximum atomic E-state index is 12.8. The van der Waals surface area contributed by atoms with Crippen LogP contribution in [-0.2, 0) is 30.2 Å². The number of ether oxygens (including phenoxy) is 3. The van der Waals surface area contributed by atoms with Crippen LogP contribution in [0.15, 0.2) is 12.1 Å². The number of carbonyl (C=O) groups excluding carboxylic acids is 2. The second-order valence-electron chi connectivity index (χ2n) is 9.08. The molecule has 0 aromatic carbocycles. The molecule has 1 spiro atoms. The van der Waals surface area contributed by atoms with E-state index in [1.165, 1.54) is 0 Å². The summed E-state index contributed by atoms with van der Waals surface area (Å²) in [4.78, 5) is 28.7. The lowest BCUT2D eigenvalue weighted by Crippen LogP contribution is -2.45. The zero-order valence-electron chi connectivity index (χ0n) is 19.6. The standard InChI is InChI=1S/C23H32N6O5/c1-2-32-22(31)17-7-11-28(12-8-17)21(30)6-5-19-25-24-18-3-4-20(26-29(18)19)27-13-9-23(10-14-27)33-15-16-34-23/h3-4,17H,2,5-16H2,1H3. The number of anilines is 1. The van der Waals surface area contributed by atoms with E-state index >= 15 is 0 Å². The Bertz CT molecular complexity index is 1020. The molecule has 0 N–H and O–H groups in total. The molecule has 184 valence electrons. The molecule has 5 heterocycles. The van der Waals surface area contributed by atoms with E-state index < -0.39 is 5.79 Å². The highest BCUT2D eigenvalue weighted by Crippen LogP contribution is 2.32. The number of nitrogens with zero attached hydrogens (tertiary/aromatic N) is 6. The number of hydrogen-bond acceptors (Lipinski definition) is 9. The van der Waals surface area contributed by atoms with Crippen LogP contribution in [0.1, 0.15) is 44.9 Å². The van der Waals surface area contributed by atoms with Crippen LogP contribution in [0.3, 0.4) is 0 Å². The van der Waals surface area contributed by atoms with Crippen LogP contribution in [0, 0.1) is 5.92 Å². The lowest BCUT2D eigenvalue weighted by atomic mass is 9.96. The summed E-state index contributed by atoms with van der Waals surface area (Å²) in [5.41, 5.74) is 0.664. The Labute approximate surface area is 198 Å². The summed E-state index contributed by atoms with van der Waals surface area (Å²) in [6.07, 6.45) is 3.70. The van der Waals surface area contributed by atoms with E-state index in [-0.39, 0.29) is 17.8 Å². The van der Waals surface area contributed by atoms with Gasteiger partial charge in [0.1, 0.15) is 5.82 Å². The van der Waals surface area contributed by atoms with Gasteiger partial charge >= 0.3 is 5.97 Å². The summed E-state index contributed by atoms with van der Waals surface area (Å²) < 4.78 is 18.5. The molecular weight excluding hydrogens is 440 g/mol. The third-order valence-electron chi connectivity index (χ3n) is 7.01. The average molecular weight is 473 g/mol. The Morgan fingerprint density at radius 3 is 2.53 bits per heavy atom. The zero-order valence-corrected chi connectivity index (χ0v) is 19.6. The van der Waals surface area contributed by atoms with Gasteiger partial charge in [-0.1, -0.05) is 0 Å². The first-order valence-electron chi connectivity index (χ1n) is 12.3. The number of likely N-dealkylation sites (tertiary alicyclic amines) is 1. The van der Waals surface area contributed by atoms with Crippen molar-refractivity contribution in [2.75, 3.05) is 50.9 Å². The molecule has 2 aromatic heterocycles. The summed E-state index contributed by atoms with van der Waals surface area (Å²) >= 11 is 0. The Morgan fingerprint density at radius 2 is 1.82 bits per heavy atom. The predicted molar refractivity (Wildman–Crippen MR) is 121 cm³/mol. The highest BCUT2D eigenvalue weighted by atomic mass is 16.7. The van der Waals surface area contributed by atoms with E-state index in [2.05, 4.69) is 15.1 Å². The fraction of sp³-hybridized carbons (Fsp3) is 0.696. The van der Waals surface area contributed by atoms with Crippen LogP contribution in [0.2, 0.25) is 0 Å². The number of hydrogen-bond donors (Lipinski definition) is 0. The van der Waals surface area contributed by atoms with Crippen LogP contribution < -0.4 is 4.90 Å². The third kappa shape index (κ3) is 4.72. The van der Waals surface area contributed by atoms with Gasteiger partial charge in [-0.25, -0.2) is 0 Å². The molecule has 3 aliphatic heterocycles. The molecule has 0 atom stereocenters. The Hall–Kier alpha value is -2.79. The fourth-order valence-electron chi connectivity index (χ4n) is 5.01. The molecule has 3 saturated heterocycles. The molecule has 11 nitrogen and oxygen atoms in total. The number of fused-ring (bicyclic) bond motifs is 1. The molecule has 3 aliphatic rings. The maximum Gasteiger partial charge on any atom is 0.309 e. The first-order chi connectivity index (χ1) is 16.6. The van der Waals surface area contributed by atoms with E-state index in [1.54, 1.807) is 4.52 Å². The molecule has 0 aliphatic carbocycles. The van der Waals surface area contributed by atoms with Crippen molar-refractivity contribution < 1.29 is 23.8 Å². The molecule has 0 radical (unpaired) electrons. The number of carbonyl (C=O) groups is 2. The Balaban J connectivity index is 1.17. The Kier molecular flexibility index (Phi) is 6.64. The number of aromatic nitrogens is 4. The van der Waals surface area contributed by atoms with E-state index in [1.807, 2.05) is 24.0 Å². The van der Waals surface area contributed by atoms with Crippen molar-refractivity contribution in [3.8, 4) is 0 Å². The smallest absolute Gasteiger partial charge is 0.309 e. The van der Waals surface area contributed by atoms with E-state index in [9.17, 15) is 9.59 Å². The van der Waals surface area contributed by atoms with Crippen molar-refractivity contribution in [1.29, 1.82) is 0 Å². The van der Waals surface area contributed by atoms with Gasteiger partial charge in [-0.3, -0.25) is 9.59 Å². The second kappa shape index (κ2) is 9.83. The maximum absolute atomic E-state index is 12.8. The summed E-state index contributed by atoms with van der Waals surface area (Å²) in [6, 6.07) is 3.87. The molecular formula is C23H32N6O5. The molecule has 5 rings (SSSR count). The van der Waals surface area contributed by atoms with Crippen molar-refractivity contribution in [3.05, 3.63) is 18.0 Å². The summed E-state index contributed by atoms with van der Waals surface area (Å²) in [7, 11) is 0. The minimum atomic E-state index is -0.423. The van der Waals surface area contributed by atoms with Crippen molar-refractivity contribution in [3.63, 3.8) is 0 Å². The number of piperidine rings is 2. The van der Waals surface area contributed by atoms with Crippen molar-refractivity contribution in [1.82, 2.24) is 24.7 Å². The van der Waals surface area contributed by atoms with E-state index in [0.717, 1.165) is 31.7 Å². The number of rotatable bonds is 6. The molecule has 34 heavy (non-hydrogen) atoms. The van der Waals surface area contributed by atoms with Gasteiger partial charge in [0.2, 0.25) is 5.91 Å². The monoisotopic (exact) mass is 472 g/mol. The molecule has 0 unspecified atom stereocenters. The third-order valence-corrected chi connectivity index (χ3v) is 7.01. The van der Waals surface area contributed by atoms with Crippen molar-refractivity contribution in [2.45, 2.75) is 51.2 Å². The largest absolute Gasteiger partial charge is 0.466 e. The minimum Gasteiger partial charge on any atom is -0.466 e. The highest BCUT2D eigenvalue weighted by Gasteiger charge is 2.40. The lowest BCUT2D eigenvalue weighted by molar-refractivity contribution is -0.169. The first kappa shape index (κ1) is 23.0. The van der Waals surface area contributed by atoms with E-state index in [4.69, 9.17) is 19.3 Å². The van der Waals surface area contributed by atoms with Crippen molar-refractivity contribution in [2.24, 2.45) is 5.92 Å². The first-order valence-corrected chi connectivity index (χ1v) is 12.3. The highest BCUT2D eigenvalue weighted by molar-refractivity contribution is 5.77. The normalized spacial score (nSPS) is 20.9. The quantitative estimate of drug-likeness (QED) is 0.573. The second-order valence-corrected chi connectivity index (χ2v) is 9.08. The molecule has 1 amide bonds. The van der Waals surface area contributed by atoms with E-state index in [0.29, 0.717) is 70.1 Å². The summed E-state index contributed by atoms with van der Waals surface area (Å²) in [5, 5.41) is 13.3. The molecule has 0 saturated carbocycles. The van der Waals surface area contributed by atoms with Gasteiger partial charge in [-0.05, 0) is 31.9 Å². The number of esters is 1. The molecule has 2 aromatic rings. The van der Waals surface area contributed by atoms with Crippen LogP contribution in [0.25, 0.3) is 5.65 Å². The minimum absolute atomic E-state index is 0.0631. The van der Waals surface area contributed by atoms with Gasteiger partial charge in [0.15, 0.2) is 17.3 Å². The Morgan fingerprint density at radius 1 is 1.09 bits per heavy atom. The molecule has 0 bridgehead atoms. The van der Waals surface area contributed by atoms with Crippen molar-refractivity contribution >= 4 is 23.3 Å². The van der Waals surface area contributed by atoms with Crippen LogP contribution in [0.5, 0.6) is 0 Å². The topological polar surface area (TPSA) is 111 Å². The predicted octanol–water partition coefficient (Wildman–Crippen LogP) is 1.20. The molecule has 3 fully saturated rings. The van der Waals surface area contributed by atoms with Gasteiger partial charge in [0.05, 0.1) is 25.7 Å². The summed E-state index contributed by atoms with van der Waals surface area (Å²) in [6.45, 7) is 6.29. The van der Waals surface area contributed by atoms with Gasteiger partial charge in [0.25, 0.3) is 0 Å².